The molecule has 1 aliphatic carbocycles. The van der Waals surface area contributed by atoms with Crippen molar-refractivity contribution in [3.05, 3.63) is 76.0 Å². The third-order valence-corrected chi connectivity index (χ3v) is 6.53. The van der Waals surface area contributed by atoms with Crippen molar-refractivity contribution in [1.82, 2.24) is 15.2 Å². The van der Waals surface area contributed by atoms with Crippen molar-refractivity contribution in [3.8, 4) is 11.8 Å². The second-order valence-corrected chi connectivity index (χ2v) is 9.19. The highest BCUT2D eigenvalue weighted by molar-refractivity contribution is 6.31. The van der Waals surface area contributed by atoms with Gasteiger partial charge < -0.3 is 10.1 Å². The maximum absolute atomic E-state index is 13.9. The van der Waals surface area contributed by atoms with Gasteiger partial charge in [-0.25, -0.2) is 9.38 Å². The molecule has 5 rings (SSSR count). The third kappa shape index (κ3) is 4.81. The largest absolute Gasteiger partial charge is 0.379 e. The molecule has 1 aromatic carbocycles. The van der Waals surface area contributed by atoms with Crippen LogP contribution in [0.1, 0.15) is 31.0 Å². The molecule has 1 saturated heterocycles. The summed E-state index contributed by atoms with van der Waals surface area (Å²) >= 11 is 6.58. The van der Waals surface area contributed by atoms with Crippen molar-refractivity contribution < 1.29 is 9.13 Å². The maximum Gasteiger partial charge on any atom is 0.152 e. The van der Waals surface area contributed by atoms with Crippen LogP contribution in [0.15, 0.2) is 58.9 Å². The van der Waals surface area contributed by atoms with Crippen LogP contribution in [0.3, 0.4) is 0 Å². The zero-order chi connectivity index (χ0) is 22.8. The molecule has 33 heavy (non-hydrogen) atoms. The molecule has 5 nitrogen and oxygen atoms in total. The molecule has 1 N–H and O–H groups in total. The van der Waals surface area contributed by atoms with E-state index in [2.05, 4.69) is 27.0 Å². The Morgan fingerprint density at radius 2 is 2.06 bits per heavy atom. The molecule has 1 unspecified atom stereocenters. The van der Waals surface area contributed by atoms with E-state index in [0.717, 1.165) is 48.5 Å². The number of pyridine rings is 1. The molecule has 0 amide bonds. The van der Waals surface area contributed by atoms with Crippen molar-refractivity contribution in [2.24, 2.45) is 10.9 Å². The zero-order valence-corrected chi connectivity index (χ0v) is 19.3. The number of benzene rings is 1. The van der Waals surface area contributed by atoms with Crippen molar-refractivity contribution in [3.63, 3.8) is 0 Å². The molecule has 0 spiro atoms. The summed E-state index contributed by atoms with van der Waals surface area (Å²) in [6.07, 6.45) is 4.00. The zero-order valence-electron chi connectivity index (χ0n) is 18.6. The van der Waals surface area contributed by atoms with Crippen LogP contribution in [-0.2, 0) is 10.3 Å². The van der Waals surface area contributed by atoms with Crippen molar-refractivity contribution in [2.45, 2.75) is 25.3 Å². The first-order valence-corrected chi connectivity index (χ1v) is 11.7. The summed E-state index contributed by atoms with van der Waals surface area (Å²) in [5.74, 6) is 7.57. The Labute approximate surface area is 198 Å². The summed E-state index contributed by atoms with van der Waals surface area (Å²) in [5.41, 5.74) is 2.42. The normalized spacial score (nSPS) is 23.4. The SMILES string of the molecule is CC1(c2ccc(F)cc2Cl)N=C(c2ccccn2)NC(CN2CCOCC2)=C1C#CC1CC1. The lowest BCUT2D eigenvalue weighted by atomic mass is 9.82. The molecule has 3 heterocycles. The first kappa shape index (κ1) is 22.1. The Balaban J connectivity index is 1.66. The molecule has 2 aliphatic heterocycles. The predicted molar refractivity (Wildman–Crippen MR) is 127 cm³/mol. The van der Waals surface area contributed by atoms with Crippen LogP contribution in [0.4, 0.5) is 4.39 Å². The van der Waals surface area contributed by atoms with Gasteiger partial charge in [0.15, 0.2) is 5.84 Å². The molecule has 1 saturated carbocycles. The van der Waals surface area contributed by atoms with Crippen LogP contribution in [0.25, 0.3) is 0 Å². The predicted octanol–water partition coefficient (Wildman–Crippen LogP) is 4.14. The Morgan fingerprint density at radius 1 is 1.24 bits per heavy atom. The molecular weight excluding hydrogens is 439 g/mol. The fraction of sp³-hybridized carbons (Fsp3) is 0.385. The molecule has 0 radical (unpaired) electrons. The summed E-state index contributed by atoms with van der Waals surface area (Å²) in [7, 11) is 0. The van der Waals surface area contributed by atoms with E-state index in [9.17, 15) is 4.39 Å². The fourth-order valence-electron chi connectivity index (χ4n) is 4.21. The number of morpholine rings is 1. The number of aliphatic imine (C=N–C) groups is 1. The number of rotatable bonds is 4. The monoisotopic (exact) mass is 464 g/mol. The molecule has 2 aromatic rings. The average Bonchev–Trinajstić information content (AvgIpc) is 3.64. The summed E-state index contributed by atoms with van der Waals surface area (Å²) in [4.78, 5) is 12.0. The number of hydrogen-bond acceptors (Lipinski definition) is 5. The van der Waals surface area contributed by atoms with Crippen LogP contribution in [0.2, 0.25) is 5.02 Å². The van der Waals surface area contributed by atoms with E-state index in [-0.39, 0.29) is 5.82 Å². The number of nitrogens with one attached hydrogen (secondary N) is 1. The second kappa shape index (κ2) is 9.26. The van der Waals surface area contributed by atoms with Crippen LogP contribution in [0.5, 0.6) is 0 Å². The van der Waals surface area contributed by atoms with Gasteiger partial charge in [-0.1, -0.05) is 35.6 Å². The minimum Gasteiger partial charge on any atom is -0.379 e. The number of ether oxygens (including phenoxy) is 1. The Kier molecular flexibility index (Phi) is 6.20. The van der Waals surface area contributed by atoms with Crippen LogP contribution in [-0.4, -0.2) is 48.6 Å². The van der Waals surface area contributed by atoms with Crippen LogP contribution in [0, 0.1) is 23.6 Å². The summed E-state index contributed by atoms with van der Waals surface area (Å²) in [5, 5.41) is 3.87. The Morgan fingerprint density at radius 3 is 2.76 bits per heavy atom. The van der Waals surface area contributed by atoms with E-state index in [1.165, 1.54) is 12.1 Å². The van der Waals surface area contributed by atoms with Crippen LogP contribution >= 0.6 is 11.6 Å². The quantitative estimate of drug-likeness (QED) is 0.691. The van der Waals surface area contributed by atoms with Gasteiger partial charge in [-0.05, 0) is 44.0 Å². The summed E-state index contributed by atoms with van der Waals surface area (Å²) in [6.45, 7) is 5.79. The molecule has 0 bridgehead atoms. The van der Waals surface area contributed by atoms with Gasteiger partial charge in [-0.3, -0.25) is 9.88 Å². The second-order valence-electron chi connectivity index (χ2n) is 8.78. The number of hydrogen-bond donors (Lipinski definition) is 1. The van der Waals surface area contributed by atoms with E-state index in [4.69, 9.17) is 21.3 Å². The van der Waals surface area contributed by atoms with Gasteiger partial charge in [0.05, 0.1) is 18.8 Å². The van der Waals surface area contributed by atoms with E-state index in [0.29, 0.717) is 36.5 Å². The Bertz CT molecular complexity index is 1160. The lowest BCUT2D eigenvalue weighted by Gasteiger charge is -2.37. The Hall–Kier alpha value is -2.72. The first-order valence-electron chi connectivity index (χ1n) is 11.3. The van der Waals surface area contributed by atoms with E-state index in [1.807, 2.05) is 25.1 Å². The standard InChI is InChI=1S/C26H26ClFN4O/c1-26(20-10-8-19(28)16-22(20)27)21(9-7-18-5-6-18)24(17-32-12-14-33-15-13-32)30-25(31-26)23-4-2-3-11-29-23/h2-4,8,10-11,16,18H,5-6,12-15,17H2,1H3,(H,30,31). The van der Waals surface area contributed by atoms with Gasteiger partial charge in [0.1, 0.15) is 17.1 Å². The molecule has 2 fully saturated rings. The van der Waals surface area contributed by atoms with Gasteiger partial charge in [0, 0.05) is 48.0 Å². The highest BCUT2D eigenvalue weighted by atomic mass is 35.5. The van der Waals surface area contributed by atoms with Crippen LogP contribution < -0.4 is 5.32 Å². The fourth-order valence-corrected chi connectivity index (χ4v) is 4.56. The highest BCUT2D eigenvalue weighted by Gasteiger charge is 2.39. The summed E-state index contributed by atoms with van der Waals surface area (Å²) < 4.78 is 19.5. The summed E-state index contributed by atoms with van der Waals surface area (Å²) in [6, 6.07) is 10.2. The van der Waals surface area contributed by atoms with Crippen molar-refractivity contribution in [2.75, 3.05) is 32.8 Å². The van der Waals surface area contributed by atoms with Gasteiger partial charge >= 0.3 is 0 Å². The molecule has 170 valence electrons. The molecular formula is C26H26ClFN4O. The highest BCUT2D eigenvalue weighted by Crippen LogP contribution is 2.41. The topological polar surface area (TPSA) is 49.8 Å². The minimum atomic E-state index is -0.883. The molecule has 1 atom stereocenters. The number of amidine groups is 1. The smallest absolute Gasteiger partial charge is 0.152 e. The maximum atomic E-state index is 13.9. The average molecular weight is 465 g/mol. The molecule has 7 heteroatoms. The number of aromatic nitrogens is 1. The van der Waals surface area contributed by atoms with Gasteiger partial charge in [-0.15, -0.1) is 0 Å². The molecule has 1 aromatic heterocycles. The minimum absolute atomic E-state index is 0.333. The molecule has 3 aliphatic rings. The van der Waals surface area contributed by atoms with E-state index in [1.54, 1.807) is 12.3 Å². The van der Waals surface area contributed by atoms with Gasteiger partial charge in [0.25, 0.3) is 0 Å². The lowest BCUT2D eigenvalue weighted by Crippen LogP contribution is -2.45. The van der Waals surface area contributed by atoms with E-state index < -0.39 is 5.54 Å². The van der Waals surface area contributed by atoms with Crippen molar-refractivity contribution >= 4 is 17.4 Å². The lowest BCUT2D eigenvalue weighted by molar-refractivity contribution is 0.0416. The first-order chi connectivity index (χ1) is 16.0. The number of nitrogens with zero attached hydrogens (tertiary/aromatic N) is 3. The third-order valence-electron chi connectivity index (χ3n) is 6.22. The van der Waals surface area contributed by atoms with E-state index >= 15 is 0 Å². The van der Waals surface area contributed by atoms with Crippen molar-refractivity contribution in [1.29, 1.82) is 0 Å². The number of halogens is 2. The van der Waals surface area contributed by atoms with Gasteiger partial charge in [-0.2, -0.15) is 0 Å². The van der Waals surface area contributed by atoms with Gasteiger partial charge in [0.2, 0.25) is 0 Å².